The minimum absolute atomic E-state index is 0.0615. The average molecular weight is 306 g/mol. The number of fused-ring (bicyclic) bond motifs is 1. The van der Waals surface area contributed by atoms with E-state index in [0.29, 0.717) is 31.0 Å². The Morgan fingerprint density at radius 2 is 2.05 bits per heavy atom. The Morgan fingerprint density at radius 3 is 2.86 bits per heavy atom. The van der Waals surface area contributed by atoms with Crippen molar-refractivity contribution in [2.45, 2.75) is 6.54 Å². The van der Waals surface area contributed by atoms with E-state index < -0.39 is 5.82 Å². The van der Waals surface area contributed by atoms with Gasteiger partial charge in [-0.15, -0.1) is 0 Å². The van der Waals surface area contributed by atoms with E-state index in [1.54, 1.807) is 35.2 Å². The second-order valence-corrected chi connectivity index (χ2v) is 5.23. The first-order chi connectivity index (χ1) is 10.1. The summed E-state index contributed by atoms with van der Waals surface area (Å²) >= 11 is 5.78. The number of hydrogen-bond donors (Lipinski definition) is 0. The summed E-state index contributed by atoms with van der Waals surface area (Å²) in [6.45, 7) is 1.27. The molecule has 0 saturated carbocycles. The zero-order valence-electron chi connectivity index (χ0n) is 11.2. The molecule has 0 atom stereocenters. The average Bonchev–Trinajstić information content (AvgIpc) is 2.64. The van der Waals surface area contributed by atoms with E-state index in [1.807, 2.05) is 6.07 Å². The number of nitrogens with zero attached hydrogens (tertiary/aromatic N) is 1. The number of carbonyl (C=O) groups excluding carboxylic acids is 1. The van der Waals surface area contributed by atoms with Crippen LogP contribution in [0.4, 0.5) is 4.39 Å². The fourth-order valence-electron chi connectivity index (χ4n) is 2.32. The summed E-state index contributed by atoms with van der Waals surface area (Å²) in [5.74, 6) is 0.0435. The fourth-order valence-corrected chi connectivity index (χ4v) is 2.52. The van der Waals surface area contributed by atoms with Crippen molar-refractivity contribution >= 4 is 17.5 Å². The number of para-hydroxylation sites is 1. The monoisotopic (exact) mass is 305 g/mol. The molecule has 0 fully saturated rings. The van der Waals surface area contributed by atoms with Crippen molar-refractivity contribution in [1.82, 2.24) is 4.90 Å². The third-order valence-corrected chi connectivity index (χ3v) is 3.67. The summed E-state index contributed by atoms with van der Waals surface area (Å²) in [5.41, 5.74) is 1.33. The van der Waals surface area contributed by atoms with Crippen LogP contribution in [0.25, 0.3) is 0 Å². The van der Waals surface area contributed by atoms with E-state index in [0.717, 1.165) is 5.56 Å². The Bertz CT molecular complexity index is 690. The lowest BCUT2D eigenvalue weighted by atomic mass is 10.1. The number of carbonyl (C=O) groups is 1. The molecule has 3 rings (SSSR count). The molecule has 0 unspecified atom stereocenters. The van der Waals surface area contributed by atoms with Crippen LogP contribution < -0.4 is 4.74 Å². The molecule has 1 heterocycles. The molecule has 1 aliphatic heterocycles. The van der Waals surface area contributed by atoms with Crippen molar-refractivity contribution in [2.24, 2.45) is 0 Å². The van der Waals surface area contributed by atoms with Gasteiger partial charge >= 0.3 is 0 Å². The zero-order chi connectivity index (χ0) is 14.8. The molecule has 108 valence electrons. The maximum Gasteiger partial charge on any atom is 0.258 e. The molecule has 0 bridgehead atoms. The predicted octanol–water partition coefficient (Wildman–Crippen LogP) is 3.51. The number of amides is 1. The molecule has 1 amide bonds. The van der Waals surface area contributed by atoms with E-state index in [2.05, 4.69) is 0 Å². The summed E-state index contributed by atoms with van der Waals surface area (Å²) in [6.07, 6.45) is 0. The van der Waals surface area contributed by atoms with Crippen LogP contribution in [-0.4, -0.2) is 24.0 Å². The SMILES string of the molecule is O=C1c2ccccc2OCCN1Cc1ccc(F)c(Cl)c1. The Kier molecular flexibility index (Phi) is 3.80. The van der Waals surface area contributed by atoms with Gasteiger partial charge in [0.15, 0.2) is 0 Å². The lowest BCUT2D eigenvalue weighted by molar-refractivity contribution is 0.0743. The highest BCUT2D eigenvalue weighted by Crippen LogP contribution is 2.24. The highest BCUT2D eigenvalue weighted by molar-refractivity contribution is 6.30. The van der Waals surface area contributed by atoms with Gasteiger partial charge in [-0.1, -0.05) is 29.8 Å². The minimum atomic E-state index is -0.462. The second-order valence-electron chi connectivity index (χ2n) is 4.82. The predicted molar refractivity (Wildman–Crippen MR) is 78.1 cm³/mol. The summed E-state index contributed by atoms with van der Waals surface area (Å²) in [4.78, 5) is 14.2. The molecule has 5 heteroatoms. The Hall–Kier alpha value is -2.07. The number of halogens is 2. The van der Waals surface area contributed by atoms with Gasteiger partial charge in [0.25, 0.3) is 5.91 Å². The van der Waals surface area contributed by atoms with Crippen molar-refractivity contribution in [1.29, 1.82) is 0 Å². The Labute approximate surface area is 126 Å². The van der Waals surface area contributed by atoms with E-state index >= 15 is 0 Å². The molecule has 0 radical (unpaired) electrons. The second kappa shape index (κ2) is 5.74. The number of benzene rings is 2. The van der Waals surface area contributed by atoms with Crippen LogP contribution in [0, 0.1) is 5.82 Å². The molecule has 21 heavy (non-hydrogen) atoms. The molecule has 3 nitrogen and oxygen atoms in total. The minimum Gasteiger partial charge on any atom is -0.491 e. The molecule has 1 aliphatic rings. The van der Waals surface area contributed by atoms with Gasteiger partial charge in [-0.2, -0.15) is 0 Å². The van der Waals surface area contributed by atoms with Gasteiger partial charge in [0.2, 0.25) is 0 Å². The van der Waals surface area contributed by atoms with Crippen molar-refractivity contribution in [3.8, 4) is 5.75 Å². The van der Waals surface area contributed by atoms with Crippen molar-refractivity contribution in [3.05, 3.63) is 64.4 Å². The first kappa shape index (κ1) is 13.9. The summed E-state index contributed by atoms with van der Waals surface area (Å²) in [6, 6.07) is 11.7. The summed E-state index contributed by atoms with van der Waals surface area (Å²) in [5, 5.41) is 0.0615. The number of ether oxygens (including phenoxy) is 1. The van der Waals surface area contributed by atoms with Crippen molar-refractivity contribution in [2.75, 3.05) is 13.2 Å². The van der Waals surface area contributed by atoms with E-state index in [1.165, 1.54) is 6.07 Å². The highest BCUT2D eigenvalue weighted by Gasteiger charge is 2.23. The summed E-state index contributed by atoms with van der Waals surface area (Å²) < 4.78 is 18.8. The molecule has 0 aromatic heterocycles. The summed E-state index contributed by atoms with van der Waals surface area (Å²) in [7, 11) is 0. The van der Waals surface area contributed by atoms with Gasteiger partial charge in [0.1, 0.15) is 18.2 Å². The molecule has 0 saturated heterocycles. The molecule has 0 spiro atoms. The highest BCUT2D eigenvalue weighted by atomic mass is 35.5. The third-order valence-electron chi connectivity index (χ3n) is 3.38. The lowest BCUT2D eigenvalue weighted by Gasteiger charge is -2.20. The Morgan fingerprint density at radius 1 is 1.24 bits per heavy atom. The van der Waals surface area contributed by atoms with E-state index in [-0.39, 0.29) is 10.9 Å². The molecule has 0 N–H and O–H groups in total. The topological polar surface area (TPSA) is 29.5 Å². The van der Waals surface area contributed by atoms with Gasteiger partial charge in [-0.05, 0) is 29.8 Å². The first-order valence-corrected chi connectivity index (χ1v) is 6.98. The normalized spacial score (nSPS) is 14.4. The van der Waals surface area contributed by atoms with Crippen LogP contribution in [0.2, 0.25) is 5.02 Å². The standard InChI is InChI=1S/C16H13ClFNO2/c17-13-9-11(5-6-14(13)18)10-19-7-8-21-15-4-2-1-3-12(15)16(19)20/h1-6,9H,7-8,10H2. The van der Waals surface area contributed by atoms with Gasteiger partial charge in [-0.3, -0.25) is 4.79 Å². The maximum atomic E-state index is 13.2. The fraction of sp³-hybridized carbons (Fsp3) is 0.188. The van der Waals surface area contributed by atoms with Crippen molar-refractivity contribution < 1.29 is 13.9 Å². The maximum absolute atomic E-state index is 13.2. The lowest BCUT2D eigenvalue weighted by Crippen LogP contribution is -2.31. The van der Waals surface area contributed by atoms with Crippen LogP contribution >= 0.6 is 11.6 Å². The van der Waals surface area contributed by atoms with Crippen LogP contribution in [0.15, 0.2) is 42.5 Å². The van der Waals surface area contributed by atoms with Crippen LogP contribution in [-0.2, 0) is 6.54 Å². The zero-order valence-corrected chi connectivity index (χ0v) is 11.9. The number of hydrogen-bond acceptors (Lipinski definition) is 2. The smallest absolute Gasteiger partial charge is 0.258 e. The van der Waals surface area contributed by atoms with Crippen LogP contribution in [0.5, 0.6) is 5.75 Å². The van der Waals surface area contributed by atoms with Gasteiger partial charge in [-0.25, -0.2) is 4.39 Å². The van der Waals surface area contributed by atoms with Gasteiger partial charge < -0.3 is 9.64 Å². The third kappa shape index (κ3) is 2.85. The van der Waals surface area contributed by atoms with E-state index in [4.69, 9.17) is 16.3 Å². The Balaban J connectivity index is 1.85. The van der Waals surface area contributed by atoms with Gasteiger partial charge in [0.05, 0.1) is 17.1 Å². The van der Waals surface area contributed by atoms with E-state index in [9.17, 15) is 9.18 Å². The van der Waals surface area contributed by atoms with Crippen molar-refractivity contribution in [3.63, 3.8) is 0 Å². The molecule has 2 aromatic carbocycles. The van der Waals surface area contributed by atoms with Crippen LogP contribution in [0.1, 0.15) is 15.9 Å². The first-order valence-electron chi connectivity index (χ1n) is 6.60. The molecular weight excluding hydrogens is 293 g/mol. The quantitative estimate of drug-likeness (QED) is 0.849. The largest absolute Gasteiger partial charge is 0.491 e. The molecule has 0 aliphatic carbocycles. The van der Waals surface area contributed by atoms with Crippen LogP contribution in [0.3, 0.4) is 0 Å². The number of rotatable bonds is 2. The van der Waals surface area contributed by atoms with Gasteiger partial charge in [0, 0.05) is 6.54 Å². The molecular formula is C16H13ClFNO2. The molecule has 2 aromatic rings.